The fraction of sp³-hybridized carbons (Fsp3) is 0.476. The quantitative estimate of drug-likeness (QED) is 0.411. The largest absolute Gasteiger partial charge is 0.466 e. The molecule has 1 aromatic carbocycles. The Kier molecular flexibility index (Phi) is 9.60. The van der Waals surface area contributed by atoms with Gasteiger partial charge in [0.05, 0.1) is 37.2 Å². The van der Waals surface area contributed by atoms with Crippen LogP contribution in [0.3, 0.4) is 0 Å². The number of hydrogen-bond acceptors (Lipinski definition) is 8. The molecule has 1 saturated heterocycles. The molecule has 31 heavy (non-hydrogen) atoms. The fourth-order valence-electron chi connectivity index (χ4n) is 3.14. The Morgan fingerprint density at radius 1 is 1.45 bits per heavy atom. The number of carbonyl (C=O) groups excluding carboxylic acids is 2. The highest BCUT2D eigenvalue weighted by molar-refractivity contribution is 8.01. The number of halogens is 1. The average Bonchev–Trinajstić information content (AvgIpc) is 3.18. The maximum absolute atomic E-state index is 12.2. The van der Waals surface area contributed by atoms with E-state index in [0.29, 0.717) is 25.5 Å². The first kappa shape index (κ1) is 24.0. The van der Waals surface area contributed by atoms with Crippen LogP contribution < -0.4 is 5.32 Å². The van der Waals surface area contributed by atoms with Gasteiger partial charge in [0, 0.05) is 36.6 Å². The van der Waals surface area contributed by atoms with Crippen LogP contribution in [0, 0.1) is 0 Å². The van der Waals surface area contributed by atoms with E-state index in [1.165, 1.54) is 28.7 Å². The summed E-state index contributed by atoms with van der Waals surface area (Å²) in [5, 5.41) is 5.50. The van der Waals surface area contributed by atoms with Crippen LogP contribution >= 0.6 is 34.7 Å². The van der Waals surface area contributed by atoms with Gasteiger partial charge in [-0.25, -0.2) is 4.98 Å². The summed E-state index contributed by atoms with van der Waals surface area (Å²) in [5.74, 6) is -0.0904. The van der Waals surface area contributed by atoms with Crippen molar-refractivity contribution in [2.24, 2.45) is 0 Å². The first-order chi connectivity index (χ1) is 15.0. The molecule has 3 rings (SSSR count). The lowest BCUT2D eigenvalue weighted by Crippen LogP contribution is -2.47. The van der Waals surface area contributed by atoms with E-state index in [4.69, 9.17) is 21.1 Å². The predicted octanol–water partition coefficient (Wildman–Crippen LogP) is 3.01. The lowest BCUT2D eigenvalue weighted by molar-refractivity contribution is -0.142. The lowest BCUT2D eigenvalue weighted by Gasteiger charge is -2.33. The van der Waals surface area contributed by atoms with Crippen LogP contribution in [0.15, 0.2) is 34.0 Å². The molecule has 1 amide bonds. The third-order valence-electron chi connectivity index (χ3n) is 4.53. The second-order valence-electron chi connectivity index (χ2n) is 7.04. The van der Waals surface area contributed by atoms with Gasteiger partial charge in [-0.3, -0.25) is 14.5 Å². The molecule has 7 nitrogen and oxygen atoms in total. The van der Waals surface area contributed by atoms with Crippen molar-refractivity contribution in [3.8, 4) is 0 Å². The van der Waals surface area contributed by atoms with E-state index < -0.39 is 0 Å². The molecule has 1 aliphatic heterocycles. The Hall–Kier alpha value is -1.65. The van der Waals surface area contributed by atoms with Crippen molar-refractivity contribution >= 4 is 46.6 Å². The molecule has 0 spiro atoms. The molecule has 1 atom stereocenters. The van der Waals surface area contributed by atoms with Crippen LogP contribution in [0.5, 0.6) is 0 Å². The van der Waals surface area contributed by atoms with Crippen LogP contribution in [0.4, 0.5) is 0 Å². The highest BCUT2D eigenvalue weighted by atomic mass is 35.5. The van der Waals surface area contributed by atoms with E-state index in [9.17, 15) is 9.59 Å². The second kappa shape index (κ2) is 12.4. The van der Waals surface area contributed by atoms with Gasteiger partial charge in [0.2, 0.25) is 5.91 Å². The van der Waals surface area contributed by atoms with E-state index in [1.807, 2.05) is 23.6 Å². The van der Waals surface area contributed by atoms with Gasteiger partial charge >= 0.3 is 5.97 Å². The van der Waals surface area contributed by atoms with E-state index in [0.717, 1.165) is 29.0 Å². The summed E-state index contributed by atoms with van der Waals surface area (Å²) < 4.78 is 11.5. The topological polar surface area (TPSA) is 80.8 Å². The number of esters is 1. The average molecular weight is 484 g/mol. The molecular weight excluding hydrogens is 458 g/mol. The molecule has 1 unspecified atom stereocenters. The van der Waals surface area contributed by atoms with Gasteiger partial charge < -0.3 is 14.8 Å². The van der Waals surface area contributed by atoms with Crippen LogP contribution in [-0.2, 0) is 32.0 Å². The standard InChI is InChI=1S/C21H26ClN3O4S2/c1-2-28-20(27)9-17-13-30-21(24-17)31-14-19(26)23-10-18-12-25(6-7-29-18)11-15-4-3-5-16(22)8-15/h3-5,8,13,18H,2,6-7,9-12,14H2,1H3,(H,23,26). The fourth-order valence-corrected chi connectivity index (χ4v) is 5.03. The van der Waals surface area contributed by atoms with Crippen LogP contribution in [0.2, 0.25) is 5.02 Å². The molecule has 1 aromatic heterocycles. The number of hydrogen-bond donors (Lipinski definition) is 1. The summed E-state index contributed by atoms with van der Waals surface area (Å²) in [6.07, 6.45) is 0.111. The smallest absolute Gasteiger partial charge is 0.311 e. The third kappa shape index (κ3) is 8.42. The summed E-state index contributed by atoms with van der Waals surface area (Å²) in [7, 11) is 0. The maximum Gasteiger partial charge on any atom is 0.311 e. The van der Waals surface area contributed by atoms with Gasteiger partial charge in [0.25, 0.3) is 0 Å². The Morgan fingerprint density at radius 3 is 3.13 bits per heavy atom. The number of benzene rings is 1. The maximum atomic E-state index is 12.2. The Morgan fingerprint density at radius 2 is 2.32 bits per heavy atom. The van der Waals surface area contributed by atoms with Gasteiger partial charge in [0.15, 0.2) is 4.34 Å². The van der Waals surface area contributed by atoms with E-state index in [2.05, 4.69) is 21.3 Å². The van der Waals surface area contributed by atoms with Crippen molar-refractivity contribution in [3.63, 3.8) is 0 Å². The molecule has 1 fully saturated rings. The van der Waals surface area contributed by atoms with Crippen LogP contribution in [-0.4, -0.2) is 66.5 Å². The molecule has 2 aromatic rings. The number of morpholine rings is 1. The number of amides is 1. The summed E-state index contributed by atoms with van der Waals surface area (Å²) in [4.78, 5) is 30.4. The molecule has 168 valence electrons. The number of nitrogens with zero attached hydrogens (tertiary/aromatic N) is 2. The monoisotopic (exact) mass is 483 g/mol. The van der Waals surface area contributed by atoms with Gasteiger partial charge in [-0.05, 0) is 24.6 Å². The molecular formula is C21H26ClN3O4S2. The molecule has 10 heteroatoms. The predicted molar refractivity (Wildman–Crippen MR) is 123 cm³/mol. The molecule has 0 radical (unpaired) electrons. The van der Waals surface area contributed by atoms with Crippen LogP contribution in [0.1, 0.15) is 18.2 Å². The van der Waals surface area contributed by atoms with Crippen molar-refractivity contribution in [2.45, 2.75) is 30.3 Å². The molecule has 0 aliphatic carbocycles. The number of thiazole rings is 1. The van der Waals surface area contributed by atoms with Crippen molar-refractivity contribution in [3.05, 3.63) is 45.9 Å². The minimum Gasteiger partial charge on any atom is -0.466 e. The first-order valence-electron chi connectivity index (χ1n) is 10.1. The number of carbonyl (C=O) groups is 2. The first-order valence-corrected chi connectivity index (χ1v) is 12.3. The SMILES string of the molecule is CCOC(=O)Cc1csc(SCC(=O)NCC2CN(Cc3cccc(Cl)c3)CCO2)n1. The number of rotatable bonds is 10. The lowest BCUT2D eigenvalue weighted by atomic mass is 10.2. The van der Waals surface area contributed by atoms with E-state index >= 15 is 0 Å². The zero-order chi connectivity index (χ0) is 22.1. The van der Waals surface area contributed by atoms with Gasteiger partial charge in [-0.1, -0.05) is 35.5 Å². The van der Waals surface area contributed by atoms with Gasteiger partial charge in [-0.15, -0.1) is 11.3 Å². The molecule has 1 aliphatic rings. The minimum atomic E-state index is -0.293. The normalized spacial score (nSPS) is 16.8. The molecule has 1 N–H and O–H groups in total. The Labute approximate surface area is 195 Å². The number of aromatic nitrogens is 1. The second-order valence-corrected chi connectivity index (χ2v) is 9.55. The number of ether oxygens (including phenoxy) is 2. The van der Waals surface area contributed by atoms with Gasteiger partial charge in [0.1, 0.15) is 0 Å². The summed E-state index contributed by atoms with van der Waals surface area (Å²) in [6.45, 7) is 5.65. The van der Waals surface area contributed by atoms with Crippen LogP contribution in [0.25, 0.3) is 0 Å². The molecule has 2 heterocycles. The van der Waals surface area contributed by atoms with Gasteiger partial charge in [-0.2, -0.15) is 0 Å². The Bertz CT molecular complexity index is 880. The minimum absolute atomic E-state index is 0.0436. The summed E-state index contributed by atoms with van der Waals surface area (Å²) >= 11 is 8.85. The molecule has 0 bridgehead atoms. The van der Waals surface area contributed by atoms with Crippen molar-refractivity contribution < 1.29 is 19.1 Å². The Balaban J connectivity index is 1.36. The highest BCUT2D eigenvalue weighted by Gasteiger charge is 2.21. The summed E-state index contributed by atoms with van der Waals surface area (Å²) in [6, 6.07) is 7.86. The van der Waals surface area contributed by atoms with Crippen molar-refractivity contribution in [1.29, 1.82) is 0 Å². The number of nitrogens with one attached hydrogen (secondary N) is 1. The number of thioether (sulfide) groups is 1. The van der Waals surface area contributed by atoms with E-state index in [1.54, 1.807) is 6.92 Å². The summed E-state index contributed by atoms with van der Waals surface area (Å²) in [5.41, 5.74) is 1.83. The zero-order valence-electron chi connectivity index (χ0n) is 17.3. The van der Waals surface area contributed by atoms with E-state index in [-0.39, 0.29) is 30.2 Å². The zero-order valence-corrected chi connectivity index (χ0v) is 19.7. The van der Waals surface area contributed by atoms with Crippen molar-refractivity contribution in [2.75, 3.05) is 38.6 Å². The highest BCUT2D eigenvalue weighted by Crippen LogP contribution is 2.23. The third-order valence-corrected chi connectivity index (χ3v) is 6.84. The molecule has 0 saturated carbocycles. The van der Waals surface area contributed by atoms with Crippen molar-refractivity contribution in [1.82, 2.24) is 15.2 Å².